The number of carbonyl (C=O) groups excluding carboxylic acids is 1. The van der Waals surface area contributed by atoms with Crippen LogP contribution in [0.25, 0.3) is 11.3 Å². The van der Waals surface area contributed by atoms with Crippen LogP contribution in [0.4, 0.5) is 10.8 Å². The van der Waals surface area contributed by atoms with Gasteiger partial charge in [-0.15, -0.1) is 11.3 Å². The summed E-state index contributed by atoms with van der Waals surface area (Å²) >= 11 is 1.30. The van der Waals surface area contributed by atoms with E-state index in [9.17, 15) is 14.9 Å². The first-order valence-electron chi connectivity index (χ1n) is 8.69. The molecule has 0 radical (unpaired) electrons. The maximum Gasteiger partial charge on any atom is 0.270 e. The number of rotatable bonds is 5. The van der Waals surface area contributed by atoms with Crippen LogP contribution in [0.2, 0.25) is 0 Å². The van der Waals surface area contributed by atoms with Crippen LogP contribution < -0.4 is 5.32 Å². The Morgan fingerprint density at radius 2 is 2.04 bits per heavy atom. The Kier molecular flexibility index (Phi) is 4.68. The first-order valence-corrected chi connectivity index (χ1v) is 9.57. The fourth-order valence-electron chi connectivity index (χ4n) is 3.33. The van der Waals surface area contributed by atoms with Crippen molar-refractivity contribution in [1.29, 1.82) is 0 Å². The van der Waals surface area contributed by atoms with Gasteiger partial charge >= 0.3 is 0 Å². The zero-order valence-corrected chi connectivity index (χ0v) is 15.3. The second-order valence-electron chi connectivity index (χ2n) is 6.53. The predicted molar refractivity (Wildman–Crippen MR) is 105 cm³/mol. The number of nitro benzene ring substituents is 1. The molecule has 1 aliphatic carbocycles. The molecule has 0 aliphatic heterocycles. The second-order valence-corrected chi connectivity index (χ2v) is 7.39. The van der Waals surface area contributed by atoms with E-state index in [4.69, 9.17) is 0 Å². The topological polar surface area (TPSA) is 85.1 Å². The molecule has 2 aromatic carbocycles. The molecule has 7 heteroatoms. The highest BCUT2D eigenvalue weighted by Crippen LogP contribution is 2.28. The summed E-state index contributed by atoms with van der Waals surface area (Å²) < 4.78 is 0. The highest BCUT2D eigenvalue weighted by atomic mass is 32.1. The average Bonchev–Trinajstić information content (AvgIpc) is 3.30. The highest BCUT2D eigenvalue weighted by Gasteiger charge is 2.14. The SMILES string of the molecule is O=C(Cc1ccc2c(c1)CCC2)Nc1nc(-c2cccc([N+](=O)[O-])c2)cs1. The van der Waals surface area contributed by atoms with Crippen LogP contribution in [0.5, 0.6) is 0 Å². The number of carbonyl (C=O) groups is 1. The molecule has 1 aliphatic rings. The number of hydrogen-bond donors (Lipinski definition) is 1. The van der Waals surface area contributed by atoms with Crippen LogP contribution in [0, 0.1) is 10.1 Å². The van der Waals surface area contributed by atoms with Crippen molar-refractivity contribution in [3.8, 4) is 11.3 Å². The molecule has 0 spiro atoms. The molecule has 1 heterocycles. The molecule has 1 N–H and O–H groups in total. The quantitative estimate of drug-likeness (QED) is 0.526. The number of aryl methyl sites for hydroxylation is 2. The zero-order chi connectivity index (χ0) is 18.8. The highest BCUT2D eigenvalue weighted by molar-refractivity contribution is 7.14. The van der Waals surface area contributed by atoms with Crippen LogP contribution in [0.15, 0.2) is 47.8 Å². The van der Waals surface area contributed by atoms with Crippen molar-refractivity contribution < 1.29 is 9.72 Å². The lowest BCUT2D eigenvalue weighted by molar-refractivity contribution is -0.384. The van der Waals surface area contributed by atoms with Crippen LogP contribution in [0.1, 0.15) is 23.1 Å². The van der Waals surface area contributed by atoms with Crippen LogP contribution in [0.3, 0.4) is 0 Å². The van der Waals surface area contributed by atoms with Gasteiger partial charge in [-0.2, -0.15) is 0 Å². The number of anilines is 1. The monoisotopic (exact) mass is 379 g/mol. The maximum atomic E-state index is 12.3. The Bertz CT molecular complexity index is 1030. The summed E-state index contributed by atoms with van der Waals surface area (Å²) in [6.45, 7) is 0. The number of nitro groups is 1. The summed E-state index contributed by atoms with van der Waals surface area (Å²) in [4.78, 5) is 27.2. The lowest BCUT2D eigenvalue weighted by Crippen LogP contribution is -2.14. The van der Waals surface area contributed by atoms with Crippen LogP contribution in [-0.4, -0.2) is 15.8 Å². The minimum atomic E-state index is -0.435. The minimum Gasteiger partial charge on any atom is -0.302 e. The van der Waals surface area contributed by atoms with Gasteiger partial charge in [0.15, 0.2) is 5.13 Å². The van der Waals surface area contributed by atoms with Crippen molar-refractivity contribution in [1.82, 2.24) is 4.98 Å². The lowest BCUT2D eigenvalue weighted by atomic mass is 10.0. The molecule has 136 valence electrons. The number of hydrogen-bond acceptors (Lipinski definition) is 5. The standard InChI is InChI=1S/C20H17N3O3S/c24-19(10-13-7-8-14-3-1-4-15(14)9-13)22-20-21-18(12-27-20)16-5-2-6-17(11-16)23(25)26/h2,5-9,11-12H,1,3-4,10H2,(H,21,22,24). The molecule has 0 saturated heterocycles. The van der Waals surface area contributed by atoms with Gasteiger partial charge in [-0.25, -0.2) is 4.98 Å². The fourth-order valence-corrected chi connectivity index (χ4v) is 4.06. The van der Waals surface area contributed by atoms with Gasteiger partial charge in [0, 0.05) is 23.1 Å². The molecule has 1 aromatic heterocycles. The summed E-state index contributed by atoms with van der Waals surface area (Å²) in [7, 11) is 0. The van der Waals surface area contributed by atoms with Gasteiger partial charge in [-0.1, -0.05) is 30.3 Å². The molecule has 3 aromatic rings. The van der Waals surface area contributed by atoms with E-state index < -0.39 is 4.92 Å². The largest absolute Gasteiger partial charge is 0.302 e. The van der Waals surface area contributed by atoms with E-state index in [1.54, 1.807) is 17.5 Å². The second kappa shape index (κ2) is 7.28. The summed E-state index contributed by atoms with van der Waals surface area (Å²) in [6.07, 6.45) is 3.70. The van der Waals surface area contributed by atoms with Crippen LogP contribution in [-0.2, 0) is 24.1 Å². The average molecular weight is 379 g/mol. The number of amides is 1. The molecule has 0 bridgehead atoms. The fraction of sp³-hybridized carbons (Fsp3) is 0.200. The molecule has 0 unspecified atom stereocenters. The van der Waals surface area contributed by atoms with Crippen molar-refractivity contribution in [3.05, 3.63) is 74.6 Å². The smallest absolute Gasteiger partial charge is 0.270 e. The van der Waals surface area contributed by atoms with Crippen molar-refractivity contribution in [2.75, 3.05) is 5.32 Å². The number of fused-ring (bicyclic) bond motifs is 1. The zero-order valence-electron chi connectivity index (χ0n) is 14.5. The third-order valence-electron chi connectivity index (χ3n) is 4.63. The number of thiazole rings is 1. The molecule has 6 nitrogen and oxygen atoms in total. The normalized spacial score (nSPS) is 12.6. The lowest BCUT2D eigenvalue weighted by Gasteiger charge is -2.05. The van der Waals surface area contributed by atoms with Crippen molar-refractivity contribution >= 4 is 28.1 Å². The summed E-state index contributed by atoms with van der Waals surface area (Å²) in [5.41, 5.74) is 5.02. The Morgan fingerprint density at radius 1 is 1.19 bits per heavy atom. The molecule has 4 rings (SSSR count). The number of aromatic nitrogens is 1. The van der Waals surface area contributed by atoms with Crippen LogP contribution >= 0.6 is 11.3 Å². The van der Waals surface area contributed by atoms with Gasteiger partial charge in [0.05, 0.1) is 17.0 Å². The summed E-state index contributed by atoms with van der Waals surface area (Å²) in [5.74, 6) is -0.118. The molecule has 27 heavy (non-hydrogen) atoms. The maximum absolute atomic E-state index is 12.3. The first-order chi connectivity index (χ1) is 13.1. The third kappa shape index (κ3) is 3.88. The summed E-state index contributed by atoms with van der Waals surface area (Å²) in [5, 5.41) is 16.0. The van der Waals surface area contributed by atoms with Gasteiger partial charge in [0.1, 0.15) is 0 Å². The van der Waals surface area contributed by atoms with Gasteiger partial charge in [-0.3, -0.25) is 14.9 Å². The number of nitrogens with zero attached hydrogens (tertiary/aromatic N) is 2. The van der Waals surface area contributed by atoms with Gasteiger partial charge in [-0.05, 0) is 36.0 Å². The molecular weight excluding hydrogens is 362 g/mol. The number of benzene rings is 2. The number of nitrogens with one attached hydrogen (secondary N) is 1. The first kappa shape index (κ1) is 17.4. The Labute approximate surface area is 160 Å². The Balaban J connectivity index is 1.44. The third-order valence-corrected chi connectivity index (χ3v) is 5.39. The molecule has 0 atom stereocenters. The van der Waals surface area contributed by atoms with E-state index in [0.717, 1.165) is 18.4 Å². The predicted octanol–water partition coefficient (Wildman–Crippen LogP) is 4.39. The van der Waals surface area contributed by atoms with Crippen molar-refractivity contribution in [2.45, 2.75) is 25.7 Å². The molecular formula is C20H17N3O3S. The number of non-ortho nitro benzene ring substituents is 1. The van der Waals surface area contributed by atoms with E-state index in [0.29, 0.717) is 22.8 Å². The van der Waals surface area contributed by atoms with Gasteiger partial charge < -0.3 is 5.32 Å². The minimum absolute atomic E-state index is 0.0164. The van der Waals surface area contributed by atoms with E-state index in [-0.39, 0.29) is 11.6 Å². The Morgan fingerprint density at radius 3 is 2.89 bits per heavy atom. The van der Waals surface area contributed by atoms with E-state index >= 15 is 0 Å². The van der Waals surface area contributed by atoms with E-state index in [1.165, 1.54) is 41.0 Å². The van der Waals surface area contributed by atoms with Gasteiger partial charge in [0.2, 0.25) is 5.91 Å². The molecule has 0 saturated carbocycles. The Hall–Kier alpha value is -3.06. The van der Waals surface area contributed by atoms with Crippen molar-refractivity contribution in [2.24, 2.45) is 0 Å². The molecule has 0 fully saturated rings. The summed E-state index contributed by atoms with van der Waals surface area (Å²) in [6, 6.07) is 12.6. The van der Waals surface area contributed by atoms with Gasteiger partial charge in [0.25, 0.3) is 5.69 Å². The molecule has 1 amide bonds. The van der Waals surface area contributed by atoms with E-state index in [1.807, 2.05) is 6.07 Å². The van der Waals surface area contributed by atoms with E-state index in [2.05, 4.69) is 22.4 Å². The van der Waals surface area contributed by atoms with Crippen molar-refractivity contribution in [3.63, 3.8) is 0 Å².